The highest BCUT2D eigenvalue weighted by Gasteiger charge is 2.25. The number of hydrogen-bond acceptors (Lipinski definition) is 2. The molecule has 2 aliphatic carbocycles. The van der Waals surface area contributed by atoms with E-state index in [2.05, 4.69) is 32.9 Å². The maximum absolute atomic E-state index is 12.6. The summed E-state index contributed by atoms with van der Waals surface area (Å²) in [6, 6.07) is 8.36. The highest BCUT2D eigenvalue weighted by atomic mass is 16.5. The van der Waals surface area contributed by atoms with Crippen LogP contribution in [0.3, 0.4) is 0 Å². The van der Waals surface area contributed by atoms with E-state index in [1.54, 1.807) is 0 Å². The summed E-state index contributed by atoms with van der Waals surface area (Å²) in [5.41, 5.74) is 2.13. The van der Waals surface area contributed by atoms with Crippen molar-refractivity contribution in [2.45, 2.75) is 123 Å². The minimum Gasteiger partial charge on any atom is -0.459 e. The summed E-state index contributed by atoms with van der Waals surface area (Å²) in [4.78, 5) is 12.6. The van der Waals surface area contributed by atoms with Crippen LogP contribution in [0.4, 0.5) is 0 Å². The molecule has 1 unspecified atom stereocenters. The van der Waals surface area contributed by atoms with Crippen LogP contribution in [0.5, 0.6) is 0 Å². The number of rotatable bonds is 10. The molecule has 1 aromatic carbocycles. The van der Waals surface area contributed by atoms with Crippen LogP contribution in [0.15, 0.2) is 24.3 Å². The van der Waals surface area contributed by atoms with Gasteiger partial charge < -0.3 is 4.74 Å². The summed E-state index contributed by atoms with van der Waals surface area (Å²) in [6.45, 7) is 6.97. The van der Waals surface area contributed by atoms with Gasteiger partial charge in [0.1, 0.15) is 6.10 Å². The molecular formula is C29H46O2. The van der Waals surface area contributed by atoms with Gasteiger partial charge in [0.15, 0.2) is 0 Å². The fourth-order valence-electron chi connectivity index (χ4n) is 5.80. The predicted molar refractivity (Wildman–Crippen MR) is 131 cm³/mol. The molecule has 0 radical (unpaired) electrons. The summed E-state index contributed by atoms with van der Waals surface area (Å²) in [5, 5.41) is 0. The zero-order valence-electron chi connectivity index (χ0n) is 20.4. The van der Waals surface area contributed by atoms with Gasteiger partial charge in [0.2, 0.25) is 0 Å². The molecule has 2 fully saturated rings. The van der Waals surface area contributed by atoms with Crippen LogP contribution in [0.1, 0.15) is 133 Å². The first-order valence-electron chi connectivity index (χ1n) is 13.4. The number of benzene rings is 1. The third-order valence-corrected chi connectivity index (χ3v) is 8.18. The Labute approximate surface area is 191 Å². The van der Waals surface area contributed by atoms with Gasteiger partial charge in [-0.2, -0.15) is 0 Å². The standard InChI is InChI=1S/C29H46O2/c1-4-6-7-8-23-11-19-28(20-12-23)31-29(30)27-17-15-26(16-18-27)25-13-9-24(10-14-25)21-22(3)5-2/h15-18,22-25,28H,4-14,19-21H2,1-3H3. The maximum Gasteiger partial charge on any atom is 0.338 e. The molecule has 0 amide bonds. The van der Waals surface area contributed by atoms with E-state index in [9.17, 15) is 4.79 Å². The minimum atomic E-state index is -0.127. The first kappa shape index (κ1) is 24.3. The van der Waals surface area contributed by atoms with Gasteiger partial charge in [-0.3, -0.25) is 0 Å². The van der Waals surface area contributed by atoms with E-state index in [-0.39, 0.29) is 12.1 Å². The average molecular weight is 427 g/mol. The van der Waals surface area contributed by atoms with E-state index in [4.69, 9.17) is 4.74 Å². The Bertz CT molecular complexity index is 633. The van der Waals surface area contributed by atoms with Gasteiger partial charge in [0.25, 0.3) is 0 Å². The molecule has 1 aromatic rings. The van der Waals surface area contributed by atoms with Gasteiger partial charge in [-0.25, -0.2) is 4.79 Å². The van der Waals surface area contributed by atoms with Gasteiger partial charge in [-0.05, 0) is 99.2 Å². The molecule has 0 aromatic heterocycles. The lowest BCUT2D eigenvalue weighted by Gasteiger charge is -2.30. The molecule has 0 spiro atoms. The van der Waals surface area contributed by atoms with Gasteiger partial charge in [0.05, 0.1) is 5.56 Å². The fraction of sp³-hybridized carbons (Fsp3) is 0.759. The van der Waals surface area contributed by atoms with Crippen LogP contribution in [0, 0.1) is 17.8 Å². The van der Waals surface area contributed by atoms with Gasteiger partial charge in [-0.1, -0.05) is 65.0 Å². The Balaban J connectivity index is 1.41. The van der Waals surface area contributed by atoms with E-state index in [0.29, 0.717) is 5.92 Å². The van der Waals surface area contributed by atoms with Crippen molar-refractivity contribution in [2.24, 2.45) is 17.8 Å². The fourth-order valence-corrected chi connectivity index (χ4v) is 5.80. The highest BCUT2D eigenvalue weighted by Crippen LogP contribution is 2.38. The molecule has 2 aliphatic rings. The molecule has 174 valence electrons. The molecule has 2 saturated carbocycles. The molecule has 0 N–H and O–H groups in total. The molecule has 2 heteroatoms. The van der Waals surface area contributed by atoms with E-state index in [1.165, 1.54) is 82.6 Å². The summed E-state index contributed by atoms with van der Waals surface area (Å²) in [6.07, 6.45) is 18.0. The second-order valence-electron chi connectivity index (χ2n) is 10.6. The molecule has 0 heterocycles. The van der Waals surface area contributed by atoms with Crippen molar-refractivity contribution < 1.29 is 9.53 Å². The SMILES string of the molecule is CCCCCC1CCC(OC(=O)c2ccc(C3CCC(CC(C)CC)CC3)cc2)CC1. The van der Waals surface area contributed by atoms with Crippen molar-refractivity contribution in [3.8, 4) is 0 Å². The molecule has 31 heavy (non-hydrogen) atoms. The molecule has 0 bridgehead atoms. The highest BCUT2D eigenvalue weighted by molar-refractivity contribution is 5.89. The molecule has 1 atom stereocenters. The zero-order valence-corrected chi connectivity index (χ0v) is 20.4. The van der Waals surface area contributed by atoms with Crippen molar-refractivity contribution >= 4 is 5.97 Å². The summed E-state index contributed by atoms with van der Waals surface area (Å²) in [5.74, 6) is 3.17. The van der Waals surface area contributed by atoms with Crippen molar-refractivity contribution in [2.75, 3.05) is 0 Å². The van der Waals surface area contributed by atoms with E-state index in [0.717, 1.165) is 36.2 Å². The topological polar surface area (TPSA) is 26.3 Å². The number of ether oxygens (including phenoxy) is 1. The summed E-state index contributed by atoms with van der Waals surface area (Å²) < 4.78 is 5.86. The van der Waals surface area contributed by atoms with Gasteiger partial charge in [0, 0.05) is 0 Å². The number of esters is 1. The normalized spacial score (nSPS) is 27.6. The number of carbonyl (C=O) groups is 1. The van der Waals surface area contributed by atoms with Crippen molar-refractivity contribution in [1.82, 2.24) is 0 Å². The lowest BCUT2D eigenvalue weighted by molar-refractivity contribution is 0.0161. The third kappa shape index (κ3) is 7.65. The monoisotopic (exact) mass is 426 g/mol. The quantitative estimate of drug-likeness (QED) is 0.276. The van der Waals surface area contributed by atoms with Crippen LogP contribution in [-0.2, 0) is 4.74 Å². The van der Waals surface area contributed by atoms with Crippen LogP contribution in [-0.4, -0.2) is 12.1 Å². The third-order valence-electron chi connectivity index (χ3n) is 8.18. The largest absolute Gasteiger partial charge is 0.459 e. The Morgan fingerprint density at radius 1 is 0.903 bits per heavy atom. The smallest absolute Gasteiger partial charge is 0.338 e. The lowest BCUT2D eigenvalue weighted by atomic mass is 9.75. The molecular weight excluding hydrogens is 380 g/mol. The predicted octanol–water partition coefficient (Wildman–Crippen LogP) is 8.69. The van der Waals surface area contributed by atoms with Gasteiger partial charge >= 0.3 is 5.97 Å². The van der Waals surface area contributed by atoms with Gasteiger partial charge in [-0.15, -0.1) is 0 Å². The maximum atomic E-state index is 12.6. The Morgan fingerprint density at radius 3 is 2.16 bits per heavy atom. The van der Waals surface area contributed by atoms with Crippen LogP contribution in [0.2, 0.25) is 0 Å². The number of hydrogen-bond donors (Lipinski definition) is 0. The van der Waals surface area contributed by atoms with Crippen molar-refractivity contribution in [3.63, 3.8) is 0 Å². The number of carbonyl (C=O) groups excluding carboxylic acids is 1. The Morgan fingerprint density at radius 2 is 1.55 bits per heavy atom. The summed E-state index contributed by atoms with van der Waals surface area (Å²) in [7, 11) is 0. The second-order valence-corrected chi connectivity index (χ2v) is 10.6. The lowest BCUT2D eigenvalue weighted by Crippen LogP contribution is -2.24. The van der Waals surface area contributed by atoms with Crippen molar-refractivity contribution in [3.05, 3.63) is 35.4 Å². The zero-order chi connectivity index (χ0) is 22.1. The van der Waals surface area contributed by atoms with Crippen molar-refractivity contribution in [1.29, 1.82) is 0 Å². The average Bonchev–Trinajstić information content (AvgIpc) is 2.81. The summed E-state index contributed by atoms with van der Waals surface area (Å²) >= 11 is 0. The van der Waals surface area contributed by atoms with Crippen LogP contribution < -0.4 is 0 Å². The van der Waals surface area contributed by atoms with Crippen LogP contribution >= 0.6 is 0 Å². The first-order chi connectivity index (χ1) is 15.1. The Kier molecular flexibility index (Phi) is 9.94. The first-order valence-corrected chi connectivity index (χ1v) is 13.4. The second kappa shape index (κ2) is 12.7. The minimum absolute atomic E-state index is 0.121. The number of unbranched alkanes of at least 4 members (excludes halogenated alkanes) is 2. The molecule has 3 rings (SSSR count). The van der Waals surface area contributed by atoms with E-state index >= 15 is 0 Å². The van der Waals surface area contributed by atoms with Crippen LogP contribution in [0.25, 0.3) is 0 Å². The molecule has 2 nitrogen and oxygen atoms in total. The van der Waals surface area contributed by atoms with E-state index < -0.39 is 0 Å². The molecule has 0 saturated heterocycles. The molecule has 0 aliphatic heterocycles. The Hall–Kier alpha value is -1.31. The van der Waals surface area contributed by atoms with E-state index in [1.807, 2.05) is 12.1 Å².